The maximum atomic E-state index is 14.6. The first kappa shape index (κ1) is 22.5. The SMILES string of the molecule is CCc1ccc(Nc2c(C(=O)N3CC(O)(CNc4ncncn4)C3)ccc(F)c2F)c(F)c1. The van der Waals surface area contributed by atoms with E-state index in [1.807, 2.05) is 6.92 Å². The number of carbonyl (C=O) groups excluding carboxylic acids is 1. The lowest BCUT2D eigenvalue weighted by Gasteiger charge is -2.46. The Hall–Kier alpha value is -3.73. The number of hydrogen-bond donors (Lipinski definition) is 3. The Morgan fingerprint density at radius 3 is 2.52 bits per heavy atom. The second-order valence-corrected chi connectivity index (χ2v) is 7.78. The fourth-order valence-electron chi connectivity index (χ4n) is 3.53. The third kappa shape index (κ3) is 4.72. The summed E-state index contributed by atoms with van der Waals surface area (Å²) in [6.45, 7) is 1.82. The van der Waals surface area contributed by atoms with Crippen molar-refractivity contribution in [3.05, 3.63) is 71.6 Å². The second-order valence-electron chi connectivity index (χ2n) is 7.78. The molecule has 0 bridgehead atoms. The maximum Gasteiger partial charge on any atom is 0.256 e. The standard InChI is InChI=1S/C22H21F3N6O2/c1-2-13-3-6-17(16(24)7-13)30-19-14(4-5-15(23)18(19)25)20(32)31-9-22(33,10-31)8-27-21-28-11-26-12-29-21/h3-7,11-12,30,33H,2,8-10H2,1H3,(H,26,27,28,29). The van der Waals surface area contributed by atoms with E-state index < -0.39 is 34.6 Å². The van der Waals surface area contributed by atoms with Gasteiger partial charge in [-0.1, -0.05) is 13.0 Å². The fourth-order valence-corrected chi connectivity index (χ4v) is 3.53. The zero-order valence-electron chi connectivity index (χ0n) is 17.6. The Morgan fingerprint density at radius 1 is 1.12 bits per heavy atom. The van der Waals surface area contributed by atoms with E-state index in [2.05, 4.69) is 25.6 Å². The van der Waals surface area contributed by atoms with Crippen molar-refractivity contribution < 1.29 is 23.1 Å². The molecule has 0 saturated carbocycles. The number of nitrogens with one attached hydrogen (secondary N) is 2. The van der Waals surface area contributed by atoms with E-state index in [-0.39, 0.29) is 36.8 Å². The molecule has 2 heterocycles. The Kier molecular flexibility index (Phi) is 6.14. The minimum atomic E-state index is -1.30. The van der Waals surface area contributed by atoms with Crippen LogP contribution in [-0.4, -0.2) is 56.1 Å². The number of β-amino-alcohol motifs (C(OH)–C–C–N with tert-alkyl or cyclic N) is 1. The number of hydrogen-bond acceptors (Lipinski definition) is 7. The molecule has 1 saturated heterocycles. The van der Waals surface area contributed by atoms with E-state index in [4.69, 9.17) is 0 Å². The highest BCUT2D eigenvalue weighted by molar-refractivity contribution is 6.01. The molecule has 3 aromatic rings. The first-order valence-corrected chi connectivity index (χ1v) is 10.2. The van der Waals surface area contributed by atoms with Gasteiger partial charge in [-0.3, -0.25) is 4.79 Å². The fraction of sp³-hybridized carbons (Fsp3) is 0.273. The maximum absolute atomic E-state index is 14.6. The summed E-state index contributed by atoms with van der Waals surface area (Å²) < 4.78 is 43.0. The lowest BCUT2D eigenvalue weighted by atomic mass is 9.93. The molecule has 1 fully saturated rings. The Balaban J connectivity index is 1.50. The molecule has 1 aliphatic rings. The largest absolute Gasteiger partial charge is 0.384 e. The molecule has 33 heavy (non-hydrogen) atoms. The van der Waals surface area contributed by atoms with Crippen LogP contribution in [0.1, 0.15) is 22.8 Å². The van der Waals surface area contributed by atoms with Crippen LogP contribution in [-0.2, 0) is 6.42 Å². The summed E-state index contributed by atoms with van der Waals surface area (Å²) in [5, 5.41) is 16.0. The quantitative estimate of drug-likeness (QED) is 0.500. The average molecular weight is 458 g/mol. The van der Waals surface area contributed by atoms with Crippen molar-refractivity contribution in [2.45, 2.75) is 18.9 Å². The number of likely N-dealkylation sites (tertiary alicyclic amines) is 1. The molecule has 2 aromatic carbocycles. The first-order valence-electron chi connectivity index (χ1n) is 10.2. The predicted octanol–water partition coefficient (Wildman–Crippen LogP) is 2.89. The van der Waals surface area contributed by atoms with E-state index in [1.165, 1.54) is 29.7 Å². The zero-order chi connectivity index (χ0) is 23.6. The van der Waals surface area contributed by atoms with E-state index in [0.717, 1.165) is 17.7 Å². The van der Waals surface area contributed by atoms with Crippen LogP contribution in [0.3, 0.4) is 0 Å². The van der Waals surface area contributed by atoms with Crippen LogP contribution in [0.2, 0.25) is 0 Å². The molecular weight excluding hydrogens is 437 g/mol. The van der Waals surface area contributed by atoms with Gasteiger partial charge in [0.1, 0.15) is 24.1 Å². The van der Waals surface area contributed by atoms with Gasteiger partial charge in [0.15, 0.2) is 11.6 Å². The van der Waals surface area contributed by atoms with Crippen molar-refractivity contribution in [2.75, 3.05) is 30.3 Å². The van der Waals surface area contributed by atoms with Gasteiger partial charge < -0.3 is 20.6 Å². The number of aliphatic hydroxyl groups is 1. The number of nitrogens with zero attached hydrogens (tertiary/aromatic N) is 4. The van der Waals surface area contributed by atoms with Gasteiger partial charge in [-0.2, -0.15) is 0 Å². The summed E-state index contributed by atoms with van der Waals surface area (Å²) >= 11 is 0. The van der Waals surface area contributed by atoms with E-state index in [0.29, 0.717) is 6.42 Å². The molecule has 0 unspecified atom stereocenters. The molecule has 1 aromatic heterocycles. The Labute approximate surface area is 187 Å². The number of halogens is 3. The van der Waals surface area contributed by atoms with Crippen LogP contribution in [0.25, 0.3) is 0 Å². The van der Waals surface area contributed by atoms with Crippen LogP contribution >= 0.6 is 0 Å². The monoisotopic (exact) mass is 458 g/mol. The number of carbonyl (C=O) groups is 1. The van der Waals surface area contributed by atoms with Crippen molar-refractivity contribution in [3.63, 3.8) is 0 Å². The minimum Gasteiger partial charge on any atom is -0.384 e. The number of aryl methyl sites for hydroxylation is 1. The molecule has 4 rings (SSSR count). The predicted molar refractivity (Wildman–Crippen MR) is 115 cm³/mol. The molecule has 0 atom stereocenters. The number of amides is 1. The second kappa shape index (κ2) is 9.02. The Morgan fingerprint density at radius 2 is 1.85 bits per heavy atom. The van der Waals surface area contributed by atoms with Crippen molar-refractivity contribution in [1.82, 2.24) is 19.9 Å². The molecule has 0 radical (unpaired) electrons. The van der Waals surface area contributed by atoms with Gasteiger partial charge >= 0.3 is 0 Å². The molecule has 11 heteroatoms. The van der Waals surface area contributed by atoms with Gasteiger partial charge in [0.05, 0.1) is 36.6 Å². The lowest BCUT2D eigenvalue weighted by Crippen LogP contribution is -2.66. The van der Waals surface area contributed by atoms with Crippen molar-refractivity contribution in [1.29, 1.82) is 0 Å². The molecule has 1 aliphatic heterocycles. The van der Waals surface area contributed by atoms with Crippen LogP contribution in [0, 0.1) is 17.5 Å². The highest BCUT2D eigenvalue weighted by atomic mass is 19.2. The number of anilines is 3. The van der Waals surface area contributed by atoms with E-state index in [9.17, 15) is 23.1 Å². The third-order valence-corrected chi connectivity index (χ3v) is 5.35. The summed E-state index contributed by atoms with van der Waals surface area (Å²) in [7, 11) is 0. The summed E-state index contributed by atoms with van der Waals surface area (Å²) in [6.07, 6.45) is 3.20. The molecule has 0 aliphatic carbocycles. The van der Waals surface area contributed by atoms with E-state index >= 15 is 0 Å². The van der Waals surface area contributed by atoms with Crippen LogP contribution in [0.4, 0.5) is 30.5 Å². The highest BCUT2D eigenvalue weighted by Gasteiger charge is 2.44. The lowest BCUT2D eigenvalue weighted by molar-refractivity contribution is -0.0707. The summed E-state index contributed by atoms with van der Waals surface area (Å²) in [4.78, 5) is 25.7. The average Bonchev–Trinajstić information content (AvgIpc) is 2.80. The number of rotatable bonds is 7. The van der Waals surface area contributed by atoms with Gasteiger partial charge in [-0.05, 0) is 36.2 Å². The molecule has 3 N–H and O–H groups in total. The third-order valence-electron chi connectivity index (χ3n) is 5.35. The normalized spacial score (nSPS) is 14.5. The van der Waals surface area contributed by atoms with Crippen molar-refractivity contribution in [3.8, 4) is 0 Å². The smallest absolute Gasteiger partial charge is 0.256 e. The topological polar surface area (TPSA) is 103 Å². The van der Waals surface area contributed by atoms with Crippen LogP contribution in [0.15, 0.2) is 43.0 Å². The van der Waals surface area contributed by atoms with Gasteiger partial charge in [0, 0.05) is 0 Å². The zero-order valence-corrected chi connectivity index (χ0v) is 17.6. The molecule has 0 spiro atoms. The number of aromatic nitrogens is 3. The summed E-state index contributed by atoms with van der Waals surface area (Å²) in [6, 6.07) is 6.30. The molecular formula is C22H21F3N6O2. The highest BCUT2D eigenvalue weighted by Crippen LogP contribution is 2.31. The Bertz CT molecular complexity index is 1170. The number of benzene rings is 2. The minimum absolute atomic E-state index is 0.0537. The molecule has 1 amide bonds. The van der Waals surface area contributed by atoms with Crippen molar-refractivity contribution in [2.24, 2.45) is 0 Å². The first-order chi connectivity index (χ1) is 15.8. The molecule has 172 valence electrons. The van der Waals surface area contributed by atoms with Crippen LogP contribution in [0.5, 0.6) is 0 Å². The summed E-state index contributed by atoms with van der Waals surface area (Å²) in [5.74, 6) is -3.49. The van der Waals surface area contributed by atoms with Gasteiger partial charge in [0.2, 0.25) is 5.95 Å². The van der Waals surface area contributed by atoms with Gasteiger partial charge in [-0.15, -0.1) is 0 Å². The summed E-state index contributed by atoms with van der Waals surface area (Å²) in [5.41, 5.74) is -1.26. The molecule has 8 nitrogen and oxygen atoms in total. The van der Waals surface area contributed by atoms with Crippen LogP contribution < -0.4 is 10.6 Å². The van der Waals surface area contributed by atoms with Gasteiger partial charge in [0.25, 0.3) is 5.91 Å². The van der Waals surface area contributed by atoms with E-state index in [1.54, 1.807) is 6.07 Å². The van der Waals surface area contributed by atoms with Gasteiger partial charge in [-0.25, -0.2) is 28.1 Å². The van der Waals surface area contributed by atoms with Crippen molar-refractivity contribution >= 4 is 23.2 Å².